The maximum Gasteiger partial charge on any atom is 0.303 e. The van der Waals surface area contributed by atoms with E-state index >= 15 is 0 Å². The molecule has 0 aromatic heterocycles. The number of aliphatic carboxylic acids is 1. The van der Waals surface area contributed by atoms with Crippen LogP contribution in [0.4, 0.5) is 0 Å². The maximum atomic E-state index is 10.1. The third-order valence-electron chi connectivity index (χ3n) is 1.57. The van der Waals surface area contributed by atoms with Crippen LogP contribution >= 0.6 is 0 Å². The lowest BCUT2D eigenvalue weighted by Crippen LogP contribution is -2.04. The van der Waals surface area contributed by atoms with Gasteiger partial charge in [0.1, 0.15) is 0 Å². The summed E-state index contributed by atoms with van der Waals surface area (Å²) in [6, 6.07) is 0. The van der Waals surface area contributed by atoms with E-state index in [0.29, 0.717) is 11.8 Å². The lowest BCUT2D eigenvalue weighted by Gasteiger charge is -2.16. The van der Waals surface area contributed by atoms with Crippen LogP contribution in [-0.2, 0) is 4.79 Å². The van der Waals surface area contributed by atoms with Crippen LogP contribution in [0, 0.1) is 5.41 Å². The van der Waals surface area contributed by atoms with Crippen molar-refractivity contribution in [3.63, 3.8) is 0 Å². The first kappa shape index (κ1) is 10.5. The van der Waals surface area contributed by atoms with E-state index in [0.717, 1.165) is 19.3 Å². The molecule has 0 aliphatic rings. The lowest BCUT2D eigenvalue weighted by molar-refractivity contribution is -0.137. The van der Waals surface area contributed by atoms with Crippen molar-refractivity contribution in [3.8, 4) is 0 Å². The van der Waals surface area contributed by atoms with Crippen LogP contribution in [0.1, 0.15) is 46.5 Å². The van der Waals surface area contributed by atoms with Crippen molar-refractivity contribution in [2.24, 2.45) is 5.41 Å². The molecular formula is C9H18O2. The molecule has 0 saturated heterocycles. The topological polar surface area (TPSA) is 37.3 Å². The molecule has 0 aliphatic carbocycles. The molecule has 0 heterocycles. The summed E-state index contributed by atoms with van der Waals surface area (Å²) in [6.45, 7) is 6.52. The van der Waals surface area contributed by atoms with Gasteiger partial charge in [-0.15, -0.1) is 0 Å². The second-order valence-corrected chi connectivity index (χ2v) is 4.16. The van der Waals surface area contributed by atoms with Gasteiger partial charge in [0.2, 0.25) is 0 Å². The summed E-state index contributed by atoms with van der Waals surface area (Å²) in [6.07, 6.45) is 3.26. The Labute approximate surface area is 68.6 Å². The highest BCUT2D eigenvalue weighted by Crippen LogP contribution is 2.21. The number of rotatable bonds is 4. The van der Waals surface area contributed by atoms with Gasteiger partial charge >= 0.3 is 5.97 Å². The SMILES string of the molecule is CC(C)(C)CCCCC(=O)O. The number of carboxylic acid groups (broad SMARTS) is 1. The minimum Gasteiger partial charge on any atom is -0.481 e. The van der Waals surface area contributed by atoms with E-state index in [1.54, 1.807) is 0 Å². The zero-order valence-corrected chi connectivity index (χ0v) is 7.68. The van der Waals surface area contributed by atoms with Crippen LogP contribution in [0.15, 0.2) is 0 Å². The average molecular weight is 158 g/mol. The summed E-state index contributed by atoms with van der Waals surface area (Å²) in [7, 11) is 0. The predicted octanol–water partition coefficient (Wildman–Crippen LogP) is 2.68. The molecule has 2 heteroatoms. The van der Waals surface area contributed by atoms with Gasteiger partial charge in [-0.2, -0.15) is 0 Å². The number of carbonyl (C=O) groups is 1. The van der Waals surface area contributed by atoms with Gasteiger partial charge in [-0.3, -0.25) is 4.79 Å². The van der Waals surface area contributed by atoms with E-state index in [1.165, 1.54) is 0 Å². The van der Waals surface area contributed by atoms with E-state index < -0.39 is 5.97 Å². The molecule has 0 aromatic rings. The Morgan fingerprint density at radius 1 is 1.27 bits per heavy atom. The Kier molecular flexibility index (Phi) is 4.16. The predicted molar refractivity (Wildman–Crippen MR) is 45.6 cm³/mol. The number of carboxylic acids is 1. The Morgan fingerprint density at radius 3 is 2.18 bits per heavy atom. The fourth-order valence-corrected chi connectivity index (χ4v) is 0.932. The molecule has 0 atom stereocenters. The summed E-state index contributed by atoms with van der Waals surface area (Å²) in [4.78, 5) is 10.1. The third kappa shape index (κ3) is 9.47. The smallest absolute Gasteiger partial charge is 0.303 e. The van der Waals surface area contributed by atoms with Crippen LogP contribution in [0.3, 0.4) is 0 Å². The zero-order valence-electron chi connectivity index (χ0n) is 7.68. The minimum absolute atomic E-state index is 0.316. The fraction of sp³-hybridized carbons (Fsp3) is 0.889. The Morgan fingerprint density at radius 2 is 1.82 bits per heavy atom. The Bertz CT molecular complexity index is 122. The molecule has 0 aliphatic heterocycles. The molecule has 0 rings (SSSR count). The van der Waals surface area contributed by atoms with Crippen LogP contribution in [0.5, 0.6) is 0 Å². The van der Waals surface area contributed by atoms with E-state index in [2.05, 4.69) is 20.8 Å². The van der Waals surface area contributed by atoms with Crippen LogP contribution < -0.4 is 0 Å². The highest BCUT2D eigenvalue weighted by molar-refractivity contribution is 5.66. The van der Waals surface area contributed by atoms with Gasteiger partial charge in [0.15, 0.2) is 0 Å². The summed E-state index contributed by atoms with van der Waals surface area (Å²) in [5, 5.41) is 8.34. The van der Waals surface area contributed by atoms with Gasteiger partial charge in [-0.05, 0) is 18.3 Å². The summed E-state index contributed by atoms with van der Waals surface area (Å²) in [5.74, 6) is -0.682. The van der Waals surface area contributed by atoms with Gasteiger partial charge in [0.25, 0.3) is 0 Å². The second kappa shape index (κ2) is 4.37. The molecular weight excluding hydrogens is 140 g/mol. The quantitative estimate of drug-likeness (QED) is 0.639. The highest BCUT2D eigenvalue weighted by atomic mass is 16.4. The first-order chi connectivity index (χ1) is 4.92. The van der Waals surface area contributed by atoms with Crippen molar-refractivity contribution in [2.45, 2.75) is 46.5 Å². The van der Waals surface area contributed by atoms with Crippen molar-refractivity contribution in [3.05, 3.63) is 0 Å². The third-order valence-corrected chi connectivity index (χ3v) is 1.57. The summed E-state index contributed by atoms with van der Waals surface area (Å²) >= 11 is 0. The normalized spacial score (nSPS) is 11.5. The van der Waals surface area contributed by atoms with E-state index in [4.69, 9.17) is 5.11 Å². The van der Waals surface area contributed by atoms with Crippen molar-refractivity contribution in [1.29, 1.82) is 0 Å². The van der Waals surface area contributed by atoms with Crippen molar-refractivity contribution < 1.29 is 9.90 Å². The maximum absolute atomic E-state index is 10.1. The van der Waals surface area contributed by atoms with Gasteiger partial charge in [0.05, 0.1) is 0 Å². The summed E-state index contributed by atoms with van der Waals surface area (Å²) in [5.41, 5.74) is 0.346. The van der Waals surface area contributed by atoms with E-state index in [1.807, 2.05) is 0 Å². The van der Waals surface area contributed by atoms with E-state index in [9.17, 15) is 4.79 Å². The first-order valence-electron chi connectivity index (χ1n) is 4.13. The van der Waals surface area contributed by atoms with Gasteiger partial charge in [-0.1, -0.05) is 27.2 Å². The second-order valence-electron chi connectivity index (χ2n) is 4.16. The standard InChI is InChI=1S/C9H18O2/c1-9(2,3)7-5-4-6-8(10)11/h4-7H2,1-3H3,(H,10,11). The first-order valence-corrected chi connectivity index (χ1v) is 4.13. The highest BCUT2D eigenvalue weighted by Gasteiger charge is 2.09. The van der Waals surface area contributed by atoms with Crippen LogP contribution in [0.25, 0.3) is 0 Å². The monoisotopic (exact) mass is 158 g/mol. The Hall–Kier alpha value is -0.530. The molecule has 0 amide bonds. The molecule has 0 spiro atoms. The van der Waals surface area contributed by atoms with Gasteiger partial charge in [0, 0.05) is 6.42 Å². The van der Waals surface area contributed by atoms with Crippen LogP contribution in [0.2, 0.25) is 0 Å². The molecule has 0 aromatic carbocycles. The molecule has 2 nitrogen and oxygen atoms in total. The van der Waals surface area contributed by atoms with E-state index in [-0.39, 0.29) is 0 Å². The van der Waals surface area contributed by atoms with Crippen molar-refractivity contribution in [1.82, 2.24) is 0 Å². The molecule has 66 valence electrons. The lowest BCUT2D eigenvalue weighted by atomic mass is 9.89. The van der Waals surface area contributed by atoms with Gasteiger partial charge in [-0.25, -0.2) is 0 Å². The zero-order chi connectivity index (χ0) is 8.91. The molecule has 0 saturated carbocycles. The van der Waals surface area contributed by atoms with Crippen molar-refractivity contribution in [2.75, 3.05) is 0 Å². The molecule has 1 N–H and O–H groups in total. The van der Waals surface area contributed by atoms with Crippen molar-refractivity contribution >= 4 is 5.97 Å². The largest absolute Gasteiger partial charge is 0.481 e. The van der Waals surface area contributed by atoms with Crippen LogP contribution in [-0.4, -0.2) is 11.1 Å². The minimum atomic E-state index is -0.682. The number of unbranched alkanes of at least 4 members (excludes halogenated alkanes) is 1. The molecule has 11 heavy (non-hydrogen) atoms. The molecule has 0 bridgehead atoms. The summed E-state index contributed by atoms with van der Waals surface area (Å²) < 4.78 is 0. The molecule has 0 unspecified atom stereocenters. The number of hydrogen-bond donors (Lipinski definition) is 1. The van der Waals surface area contributed by atoms with Gasteiger partial charge < -0.3 is 5.11 Å². The number of hydrogen-bond acceptors (Lipinski definition) is 1. The molecule has 0 radical (unpaired) electrons. The average Bonchev–Trinajstić information content (AvgIpc) is 1.78. The Balaban J connectivity index is 3.22. The molecule has 0 fully saturated rings. The fourth-order valence-electron chi connectivity index (χ4n) is 0.932.